The minimum Gasteiger partial charge on any atom is -0.488 e. The van der Waals surface area contributed by atoms with Crippen molar-refractivity contribution in [3.8, 4) is 11.8 Å². The second kappa shape index (κ2) is 9.75. The van der Waals surface area contributed by atoms with Crippen LogP contribution in [0, 0.1) is 17.1 Å². The number of nitrogens with zero attached hydrogens (tertiary/aromatic N) is 3. The minimum atomic E-state index is -0.379. The average molecular weight is 456 g/mol. The third-order valence-electron chi connectivity index (χ3n) is 6.01. The Morgan fingerprint density at radius 1 is 1.18 bits per heavy atom. The van der Waals surface area contributed by atoms with Gasteiger partial charge >= 0.3 is 0 Å². The van der Waals surface area contributed by atoms with Crippen LogP contribution < -0.4 is 15.4 Å². The molecule has 172 valence electrons. The van der Waals surface area contributed by atoms with E-state index in [0.717, 1.165) is 35.5 Å². The number of aromatic nitrogens is 2. The molecule has 0 radical (unpaired) electrons. The van der Waals surface area contributed by atoms with Crippen molar-refractivity contribution in [2.45, 2.75) is 25.2 Å². The normalized spacial score (nSPS) is 16.3. The third kappa shape index (κ3) is 4.48. The summed E-state index contributed by atoms with van der Waals surface area (Å²) >= 11 is 0. The Kier molecular flexibility index (Phi) is 6.60. The Morgan fingerprint density at radius 2 is 1.97 bits per heavy atom. The van der Waals surface area contributed by atoms with E-state index in [9.17, 15) is 9.65 Å². The van der Waals surface area contributed by atoms with Crippen molar-refractivity contribution < 1.29 is 9.13 Å². The highest BCUT2D eigenvalue weighted by Gasteiger charge is 2.39. The van der Waals surface area contributed by atoms with Crippen molar-refractivity contribution in [2.24, 2.45) is 0 Å². The van der Waals surface area contributed by atoms with Gasteiger partial charge in [0.25, 0.3) is 0 Å². The van der Waals surface area contributed by atoms with E-state index in [1.54, 1.807) is 30.4 Å². The van der Waals surface area contributed by atoms with Gasteiger partial charge in [0, 0.05) is 29.3 Å². The van der Waals surface area contributed by atoms with Crippen LogP contribution in [0.15, 0.2) is 67.8 Å². The molecule has 0 bridgehead atoms. The molecule has 1 heterocycles. The SMILES string of the molecule is C=CCNc1nc(Nc2ccc(C#N)c(OCC=C)c2)nc2c1CCC2(C)c1ccc(F)cc1. The summed E-state index contributed by atoms with van der Waals surface area (Å²) in [5, 5.41) is 15.9. The fraction of sp³-hybridized carbons (Fsp3) is 0.222. The lowest BCUT2D eigenvalue weighted by atomic mass is 9.80. The quantitative estimate of drug-likeness (QED) is 0.406. The fourth-order valence-corrected chi connectivity index (χ4v) is 4.23. The predicted molar refractivity (Wildman–Crippen MR) is 132 cm³/mol. The van der Waals surface area contributed by atoms with Gasteiger partial charge < -0.3 is 15.4 Å². The summed E-state index contributed by atoms with van der Waals surface area (Å²) in [5.74, 6) is 1.35. The van der Waals surface area contributed by atoms with Gasteiger partial charge in [-0.2, -0.15) is 10.2 Å². The van der Waals surface area contributed by atoms with Crippen LogP contribution >= 0.6 is 0 Å². The molecule has 2 aromatic carbocycles. The summed E-state index contributed by atoms with van der Waals surface area (Å²) in [5.41, 5.74) is 3.70. The highest BCUT2D eigenvalue weighted by atomic mass is 19.1. The first-order valence-corrected chi connectivity index (χ1v) is 11.1. The molecule has 0 saturated carbocycles. The maximum absolute atomic E-state index is 13.6. The number of fused-ring (bicyclic) bond motifs is 1. The van der Waals surface area contributed by atoms with E-state index < -0.39 is 0 Å². The van der Waals surface area contributed by atoms with Crippen LogP contribution in [0.4, 0.5) is 21.8 Å². The highest BCUT2D eigenvalue weighted by molar-refractivity contribution is 5.64. The molecule has 6 nitrogen and oxygen atoms in total. The molecule has 1 atom stereocenters. The molecule has 1 aromatic heterocycles. The van der Waals surface area contributed by atoms with Crippen LogP contribution in [-0.2, 0) is 11.8 Å². The largest absolute Gasteiger partial charge is 0.488 e. The summed E-state index contributed by atoms with van der Waals surface area (Å²) in [6, 6.07) is 14.0. The molecule has 1 unspecified atom stereocenters. The van der Waals surface area contributed by atoms with Gasteiger partial charge in [-0.05, 0) is 49.6 Å². The van der Waals surface area contributed by atoms with Crippen molar-refractivity contribution >= 4 is 17.5 Å². The van der Waals surface area contributed by atoms with Gasteiger partial charge in [-0.25, -0.2) is 9.37 Å². The topological polar surface area (TPSA) is 82.9 Å². The molecule has 1 aliphatic rings. The first-order chi connectivity index (χ1) is 16.5. The Balaban J connectivity index is 1.75. The molecule has 2 N–H and O–H groups in total. The number of ether oxygens (including phenoxy) is 1. The fourth-order valence-electron chi connectivity index (χ4n) is 4.23. The first kappa shape index (κ1) is 23.0. The summed E-state index contributed by atoms with van der Waals surface area (Å²) in [7, 11) is 0. The average Bonchev–Trinajstić information content (AvgIpc) is 3.19. The second-order valence-electron chi connectivity index (χ2n) is 8.28. The van der Waals surface area contributed by atoms with Crippen LogP contribution in [0.1, 0.15) is 35.7 Å². The lowest BCUT2D eigenvalue weighted by molar-refractivity contribution is 0.362. The van der Waals surface area contributed by atoms with Crippen LogP contribution in [0.2, 0.25) is 0 Å². The molecule has 7 heteroatoms. The van der Waals surface area contributed by atoms with Gasteiger partial charge in [-0.1, -0.05) is 30.9 Å². The standard InChI is InChI=1S/C27H26FN5O/c1-4-14-30-25-22-12-13-27(3,19-7-9-20(28)10-8-19)24(22)32-26(33-25)31-21-11-6-18(17-29)23(16-21)34-15-5-2/h4-11,16H,1-2,12-15H2,3H3,(H2,30,31,32,33). The zero-order valence-corrected chi connectivity index (χ0v) is 19.1. The molecule has 0 fully saturated rings. The predicted octanol–water partition coefficient (Wildman–Crippen LogP) is 5.65. The van der Waals surface area contributed by atoms with Gasteiger partial charge in [0.1, 0.15) is 30.1 Å². The molecule has 0 saturated heterocycles. The van der Waals surface area contributed by atoms with E-state index in [1.807, 2.05) is 12.1 Å². The van der Waals surface area contributed by atoms with Crippen molar-refractivity contribution in [3.05, 3.63) is 96.0 Å². The van der Waals surface area contributed by atoms with Crippen molar-refractivity contribution in [1.82, 2.24) is 9.97 Å². The lowest BCUT2D eigenvalue weighted by Crippen LogP contribution is -2.22. The second-order valence-corrected chi connectivity index (χ2v) is 8.28. The monoisotopic (exact) mass is 455 g/mol. The number of halogens is 1. The van der Waals surface area contributed by atoms with Crippen molar-refractivity contribution in [2.75, 3.05) is 23.8 Å². The highest BCUT2D eigenvalue weighted by Crippen LogP contribution is 2.45. The molecule has 0 aliphatic heterocycles. The summed E-state index contributed by atoms with van der Waals surface area (Å²) in [6.07, 6.45) is 5.04. The van der Waals surface area contributed by atoms with Crippen molar-refractivity contribution in [3.63, 3.8) is 0 Å². The van der Waals surface area contributed by atoms with Gasteiger partial charge in [0.15, 0.2) is 0 Å². The molecule has 4 rings (SSSR count). The Bertz CT molecular complexity index is 1270. The van der Waals surface area contributed by atoms with Crippen LogP contribution in [0.3, 0.4) is 0 Å². The first-order valence-electron chi connectivity index (χ1n) is 11.1. The molecule has 3 aromatic rings. The van der Waals surface area contributed by atoms with E-state index >= 15 is 0 Å². The van der Waals surface area contributed by atoms with Crippen LogP contribution in [0.25, 0.3) is 0 Å². The van der Waals surface area contributed by atoms with E-state index in [4.69, 9.17) is 14.7 Å². The number of rotatable bonds is 9. The Morgan fingerprint density at radius 3 is 2.68 bits per heavy atom. The smallest absolute Gasteiger partial charge is 0.229 e. The summed E-state index contributed by atoms with van der Waals surface area (Å²) in [4.78, 5) is 9.62. The molecular weight excluding hydrogens is 429 g/mol. The minimum absolute atomic E-state index is 0.265. The van der Waals surface area contributed by atoms with Gasteiger partial charge in [-0.15, -0.1) is 6.58 Å². The lowest BCUT2D eigenvalue weighted by Gasteiger charge is -2.26. The van der Waals surface area contributed by atoms with Gasteiger partial charge in [-0.3, -0.25) is 0 Å². The summed E-state index contributed by atoms with van der Waals surface area (Å²) < 4.78 is 19.2. The maximum atomic E-state index is 13.6. The molecule has 0 spiro atoms. The maximum Gasteiger partial charge on any atom is 0.229 e. The van der Waals surface area contributed by atoms with Crippen LogP contribution in [0.5, 0.6) is 5.75 Å². The van der Waals surface area contributed by atoms with Crippen molar-refractivity contribution in [1.29, 1.82) is 5.26 Å². The number of hydrogen-bond donors (Lipinski definition) is 2. The Hall–Kier alpha value is -4.18. The molecular formula is C27H26FN5O. The zero-order chi connectivity index (χ0) is 24.1. The Labute approximate surface area is 198 Å². The molecule has 34 heavy (non-hydrogen) atoms. The zero-order valence-electron chi connectivity index (χ0n) is 19.1. The van der Waals surface area contributed by atoms with Gasteiger partial charge in [0.2, 0.25) is 5.95 Å². The number of nitrogens with one attached hydrogen (secondary N) is 2. The van der Waals surface area contributed by atoms with Gasteiger partial charge in [0.05, 0.1) is 11.3 Å². The van der Waals surface area contributed by atoms with E-state index in [2.05, 4.69) is 36.8 Å². The number of benzene rings is 2. The van der Waals surface area contributed by atoms with Crippen LogP contribution in [-0.4, -0.2) is 23.1 Å². The number of hydrogen-bond acceptors (Lipinski definition) is 6. The summed E-state index contributed by atoms with van der Waals surface area (Å²) in [6.45, 7) is 10.4. The number of anilines is 3. The molecule has 1 aliphatic carbocycles. The molecule has 0 amide bonds. The third-order valence-corrected chi connectivity index (χ3v) is 6.01. The van der Waals surface area contributed by atoms with E-state index in [0.29, 0.717) is 36.1 Å². The van der Waals surface area contributed by atoms with E-state index in [-0.39, 0.29) is 11.2 Å². The number of nitriles is 1. The van der Waals surface area contributed by atoms with E-state index in [1.165, 1.54) is 12.1 Å².